The molecule has 0 radical (unpaired) electrons. The van der Waals surface area contributed by atoms with Gasteiger partial charge in [0.05, 0.1) is 6.61 Å². The van der Waals surface area contributed by atoms with Crippen LogP contribution < -0.4 is 0 Å². The van der Waals surface area contributed by atoms with Gasteiger partial charge in [0.15, 0.2) is 0 Å². The van der Waals surface area contributed by atoms with Gasteiger partial charge in [-0.3, -0.25) is 0 Å². The van der Waals surface area contributed by atoms with E-state index in [4.69, 9.17) is 4.74 Å². The molecule has 1 spiro atoms. The van der Waals surface area contributed by atoms with E-state index in [1.807, 2.05) is 0 Å². The van der Waals surface area contributed by atoms with Gasteiger partial charge >= 0.3 is 0 Å². The van der Waals surface area contributed by atoms with Crippen molar-refractivity contribution in [3.8, 4) is 0 Å². The molecule has 70 valence electrons. The second-order valence-electron chi connectivity index (χ2n) is 5.62. The maximum Gasteiger partial charge on any atom is 0.0525 e. The Balaban J connectivity index is 2.12. The Kier molecular flexibility index (Phi) is 1.76. The van der Waals surface area contributed by atoms with Crippen molar-refractivity contribution in [2.45, 2.75) is 40.0 Å². The SMILES string of the molecule is CC(C)(C)C1CCOCC12CC2. The van der Waals surface area contributed by atoms with Gasteiger partial charge in [-0.1, -0.05) is 20.8 Å². The lowest BCUT2D eigenvalue weighted by atomic mass is 9.69. The first-order valence-electron chi connectivity index (χ1n) is 5.12. The summed E-state index contributed by atoms with van der Waals surface area (Å²) in [5, 5.41) is 0. The second-order valence-corrected chi connectivity index (χ2v) is 5.62. The Bertz CT molecular complexity index is 174. The molecule has 2 rings (SSSR count). The third-order valence-electron chi connectivity index (χ3n) is 3.62. The minimum atomic E-state index is 0.486. The lowest BCUT2D eigenvalue weighted by Gasteiger charge is -2.40. The van der Waals surface area contributed by atoms with Crippen LogP contribution >= 0.6 is 0 Å². The number of ether oxygens (including phenoxy) is 1. The van der Waals surface area contributed by atoms with Crippen LogP contribution in [0.5, 0.6) is 0 Å². The summed E-state index contributed by atoms with van der Waals surface area (Å²) in [5.74, 6) is 0.902. The van der Waals surface area contributed by atoms with Crippen molar-refractivity contribution in [2.75, 3.05) is 13.2 Å². The number of hydrogen-bond donors (Lipinski definition) is 0. The molecule has 1 saturated heterocycles. The predicted molar refractivity (Wildman–Crippen MR) is 50.0 cm³/mol. The second kappa shape index (κ2) is 2.47. The molecule has 0 aromatic rings. The number of hydrogen-bond acceptors (Lipinski definition) is 1. The van der Waals surface area contributed by atoms with Gasteiger partial charge in [0.2, 0.25) is 0 Å². The summed E-state index contributed by atoms with van der Waals surface area (Å²) in [5.41, 5.74) is 1.09. The van der Waals surface area contributed by atoms with Crippen LogP contribution in [0.1, 0.15) is 40.0 Å². The van der Waals surface area contributed by atoms with Crippen molar-refractivity contribution in [3.05, 3.63) is 0 Å². The van der Waals surface area contributed by atoms with E-state index >= 15 is 0 Å². The van der Waals surface area contributed by atoms with Crippen molar-refractivity contribution in [1.29, 1.82) is 0 Å². The normalized spacial score (nSPS) is 33.8. The van der Waals surface area contributed by atoms with Crippen molar-refractivity contribution in [2.24, 2.45) is 16.7 Å². The van der Waals surface area contributed by atoms with Crippen LogP contribution in [0.4, 0.5) is 0 Å². The highest BCUT2D eigenvalue weighted by Gasteiger charge is 2.54. The smallest absolute Gasteiger partial charge is 0.0525 e. The molecule has 1 aliphatic heterocycles. The molecule has 1 saturated carbocycles. The third-order valence-corrected chi connectivity index (χ3v) is 3.62. The molecule has 1 heterocycles. The van der Waals surface area contributed by atoms with Crippen LogP contribution in [0, 0.1) is 16.7 Å². The first kappa shape index (κ1) is 8.55. The topological polar surface area (TPSA) is 9.23 Å². The van der Waals surface area contributed by atoms with E-state index in [1.54, 1.807) is 0 Å². The minimum absolute atomic E-state index is 0.486. The molecule has 2 fully saturated rings. The standard InChI is InChI=1S/C11H20O/c1-10(2,3)9-4-7-12-8-11(9)5-6-11/h9H,4-8H2,1-3H3. The minimum Gasteiger partial charge on any atom is -0.381 e. The Morgan fingerprint density at radius 3 is 2.33 bits per heavy atom. The van der Waals surface area contributed by atoms with Crippen molar-refractivity contribution in [3.63, 3.8) is 0 Å². The largest absolute Gasteiger partial charge is 0.381 e. The number of rotatable bonds is 0. The van der Waals surface area contributed by atoms with E-state index in [0.29, 0.717) is 10.8 Å². The molecule has 0 bridgehead atoms. The summed E-state index contributed by atoms with van der Waals surface area (Å²) in [7, 11) is 0. The van der Waals surface area contributed by atoms with Gasteiger partial charge in [-0.15, -0.1) is 0 Å². The molecule has 0 amide bonds. The fourth-order valence-corrected chi connectivity index (χ4v) is 2.89. The maximum atomic E-state index is 5.57. The zero-order valence-electron chi connectivity index (χ0n) is 8.52. The van der Waals surface area contributed by atoms with Crippen LogP contribution in [-0.4, -0.2) is 13.2 Å². The molecule has 0 aromatic heterocycles. The molecule has 1 heteroatoms. The quantitative estimate of drug-likeness (QED) is 0.540. The lowest BCUT2D eigenvalue weighted by molar-refractivity contribution is -0.0368. The van der Waals surface area contributed by atoms with Gasteiger partial charge in [0.25, 0.3) is 0 Å². The Morgan fingerprint density at radius 2 is 1.92 bits per heavy atom. The molecule has 2 aliphatic rings. The highest BCUT2D eigenvalue weighted by Crippen LogP contribution is 2.60. The maximum absolute atomic E-state index is 5.57. The summed E-state index contributed by atoms with van der Waals surface area (Å²) in [6.45, 7) is 9.16. The van der Waals surface area contributed by atoms with Crippen LogP contribution in [0.25, 0.3) is 0 Å². The Morgan fingerprint density at radius 1 is 1.25 bits per heavy atom. The zero-order valence-corrected chi connectivity index (χ0v) is 8.52. The fraction of sp³-hybridized carbons (Fsp3) is 1.00. The van der Waals surface area contributed by atoms with Crippen LogP contribution in [0.2, 0.25) is 0 Å². The average Bonchev–Trinajstić information content (AvgIpc) is 2.68. The Hall–Kier alpha value is -0.0400. The molecule has 0 N–H and O–H groups in total. The highest BCUT2D eigenvalue weighted by atomic mass is 16.5. The van der Waals surface area contributed by atoms with E-state index in [-0.39, 0.29) is 0 Å². The van der Waals surface area contributed by atoms with E-state index in [9.17, 15) is 0 Å². The molecular weight excluding hydrogens is 148 g/mol. The van der Waals surface area contributed by atoms with Gasteiger partial charge in [0.1, 0.15) is 0 Å². The molecule has 0 aromatic carbocycles. The highest BCUT2D eigenvalue weighted by molar-refractivity contribution is 5.03. The van der Waals surface area contributed by atoms with E-state index in [1.165, 1.54) is 19.3 Å². The summed E-state index contributed by atoms with van der Waals surface area (Å²) in [6.07, 6.45) is 4.10. The van der Waals surface area contributed by atoms with Crippen LogP contribution in [-0.2, 0) is 4.74 Å². The van der Waals surface area contributed by atoms with E-state index < -0.39 is 0 Å². The van der Waals surface area contributed by atoms with Gasteiger partial charge in [0, 0.05) is 6.61 Å². The predicted octanol–water partition coefficient (Wildman–Crippen LogP) is 2.85. The molecular formula is C11H20O. The average molecular weight is 168 g/mol. The van der Waals surface area contributed by atoms with Crippen molar-refractivity contribution in [1.82, 2.24) is 0 Å². The van der Waals surface area contributed by atoms with Crippen molar-refractivity contribution < 1.29 is 4.74 Å². The van der Waals surface area contributed by atoms with E-state index in [0.717, 1.165) is 19.1 Å². The summed E-state index contributed by atoms with van der Waals surface area (Å²) in [6, 6.07) is 0. The molecule has 1 unspecified atom stereocenters. The molecule has 1 atom stereocenters. The zero-order chi connectivity index (χ0) is 8.82. The van der Waals surface area contributed by atoms with Gasteiger partial charge in [-0.25, -0.2) is 0 Å². The fourth-order valence-electron chi connectivity index (χ4n) is 2.89. The molecule has 1 aliphatic carbocycles. The Labute approximate surface area is 75.5 Å². The molecule has 1 nitrogen and oxygen atoms in total. The van der Waals surface area contributed by atoms with Crippen LogP contribution in [0.3, 0.4) is 0 Å². The summed E-state index contributed by atoms with van der Waals surface area (Å²) < 4.78 is 5.57. The van der Waals surface area contributed by atoms with Crippen LogP contribution in [0.15, 0.2) is 0 Å². The first-order valence-corrected chi connectivity index (χ1v) is 5.12. The first-order chi connectivity index (χ1) is 5.55. The monoisotopic (exact) mass is 168 g/mol. The lowest BCUT2D eigenvalue weighted by Crippen LogP contribution is -2.37. The van der Waals surface area contributed by atoms with Crippen molar-refractivity contribution >= 4 is 0 Å². The van der Waals surface area contributed by atoms with Gasteiger partial charge < -0.3 is 4.74 Å². The molecule has 12 heavy (non-hydrogen) atoms. The van der Waals surface area contributed by atoms with Gasteiger partial charge in [-0.2, -0.15) is 0 Å². The summed E-state index contributed by atoms with van der Waals surface area (Å²) >= 11 is 0. The summed E-state index contributed by atoms with van der Waals surface area (Å²) in [4.78, 5) is 0. The van der Waals surface area contributed by atoms with Gasteiger partial charge in [-0.05, 0) is 36.0 Å². The third kappa shape index (κ3) is 1.28. The van der Waals surface area contributed by atoms with E-state index in [2.05, 4.69) is 20.8 Å².